The van der Waals surface area contributed by atoms with Gasteiger partial charge in [-0.05, 0) is 81.1 Å². The van der Waals surface area contributed by atoms with Gasteiger partial charge in [-0.15, -0.1) is 0 Å². The highest BCUT2D eigenvalue weighted by atomic mass is 19.4. The molecule has 4 rings (SSSR count). The maximum absolute atomic E-state index is 13.5. The molecule has 1 amide bonds. The lowest BCUT2D eigenvalue weighted by Crippen LogP contribution is -2.48. The number of hydrogen-bond donors (Lipinski definition) is 2. The average molecular weight is 584 g/mol. The van der Waals surface area contributed by atoms with Crippen LogP contribution in [-0.4, -0.2) is 62.4 Å². The number of halogens is 3. The summed E-state index contributed by atoms with van der Waals surface area (Å²) in [5.41, 5.74) is 3.30. The normalized spacial score (nSPS) is 14.4. The van der Waals surface area contributed by atoms with Gasteiger partial charge in [0.05, 0.1) is 17.4 Å². The van der Waals surface area contributed by atoms with Crippen molar-refractivity contribution < 1.29 is 27.9 Å². The SMILES string of the molecule is Cc1cc(Nc2cncc(CN(C(=O)/C=C/c3ccc(C(F)(F)F)cc3)C3CCN(C(C)C)CC3)c2)ccn1.O=CO. The lowest BCUT2D eigenvalue weighted by Gasteiger charge is -2.39. The van der Waals surface area contributed by atoms with Gasteiger partial charge in [0.1, 0.15) is 0 Å². The number of carboxylic acid groups (broad SMARTS) is 1. The summed E-state index contributed by atoms with van der Waals surface area (Å²) in [5, 5.41) is 10.2. The van der Waals surface area contributed by atoms with E-state index in [2.05, 4.69) is 34.0 Å². The molecule has 0 bridgehead atoms. The number of carbonyl (C=O) groups excluding carboxylic acids is 1. The van der Waals surface area contributed by atoms with Gasteiger partial charge in [-0.25, -0.2) is 0 Å². The van der Waals surface area contributed by atoms with Crippen LogP contribution in [0.5, 0.6) is 0 Å². The second-order valence-electron chi connectivity index (χ2n) is 10.3. The summed E-state index contributed by atoms with van der Waals surface area (Å²) >= 11 is 0. The number of rotatable bonds is 8. The molecule has 8 nitrogen and oxygen atoms in total. The molecule has 2 N–H and O–H groups in total. The van der Waals surface area contributed by atoms with Crippen LogP contribution in [0, 0.1) is 6.92 Å². The Morgan fingerprint density at radius 2 is 1.79 bits per heavy atom. The molecule has 0 aliphatic carbocycles. The maximum atomic E-state index is 13.5. The third-order valence-electron chi connectivity index (χ3n) is 6.94. The van der Waals surface area contributed by atoms with E-state index in [9.17, 15) is 18.0 Å². The molecule has 42 heavy (non-hydrogen) atoms. The number of alkyl halides is 3. The van der Waals surface area contributed by atoms with Crippen LogP contribution in [-0.2, 0) is 22.3 Å². The minimum atomic E-state index is -4.40. The van der Waals surface area contributed by atoms with Crippen molar-refractivity contribution >= 4 is 29.8 Å². The van der Waals surface area contributed by atoms with Crippen molar-refractivity contribution in [1.29, 1.82) is 0 Å². The van der Waals surface area contributed by atoms with Crippen LogP contribution in [0.1, 0.15) is 49.1 Å². The quantitative estimate of drug-likeness (QED) is 0.242. The molecule has 0 unspecified atom stereocenters. The zero-order chi connectivity index (χ0) is 30.7. The number of benzene rings is 1. The van der Waals surface area contributed by atoms with Gasteiger partial charge in [0, 0.05) is 61.6 Å². The maximum Gasteiger partial charge on any atom is 0.416 e. The molecule has 1 fully saturated rings. The van der Waals surface area contributed by atoms with Gasteiger partial charge in [-0.2, -0.15) is 13.2 Å². The Morgan fingerprint density at radius 3 is 2.38 bits per heavy atom. The van der Waals surface area contributed by atoms with E-state index < -0.39 is 11.7 Å². The van der Waals surface area contributed by atoms with Gasteiger partial charge in [-0.3, -0.25) is 19.6 Å². The molecule has 3 heterocycles. The summed E-state index contributed by atoms with van der Waals surface area (Å²) in [6.07, 6.45) is 5.55. The Morgan fingerprint density at radius 1 is 1.12 bits per heavy atom. The Bertz CT molecular complexity index is 1340. The Hall–Kier alpha value is -4.25. The van der Waals surface area contributed by atoms with Gasteiger partial charge in [-0.1, -0.05) is 12.1 Å². The second-order valence-corrected chi connectivity index (χ2v) is 10.3. The monoisotopic (exact) mass is 583 g/mol. The molecule has 224 valence electrons. The topological polar surface area (TPSA) is 98.7 Å². The zero-order valence-electron chi connectivity index (χ0n) is 23.9. The molecule has 11 heteroatoms. The van der Waals surface area contributed by atoms with Crippen molar-refractivity contribution in [2.75, 3.05) is 18.4 Å². The molecule has 0 radical (unpaired) electrons. The van der Waals surface area contributed by atoms with Gasteiger partial charge < -0.3 is 20.2 Å². The largest absolute Gasteiger partial charge is 0.483 e. The number of nitrogens with zero attached hydrogens (tertiary/aromatic N) is 4. The van der Waals surface area contributed by atoms with Crippen molar-refractivity contribution in [3.63, 3.8) is 0 Å². The number of amides is 1. The van der Waals surface area contributed by atoms with Crippen molar-refractivity contribution in [3.05, 3.63) is 89.5 Å². The standard InChI is InChI=1S/C30H34F3N5O.CH2O2/c1-21(2)37-14-11-28(12-15-37)38(29(39)9-6-23-4-7-25(8-5-23)30(31,32)33)20-24-17-27(19-34-18-24)36-26-10-13-35-22(3)16-26;2-1-3/h4-10,13,16-19,21,28H,11-12,14-15,20H2,1-3H3,(H,35,36);1H,(H,2,3)/b9-6+;. The minimum absolute atomic E-state index is 0.0456. The van der Waals surface area contributed by atoms with Crippen LogP contribution in [0.3, 0.4) is 0 Å². The summed E-state index contributed by atoms with van der Waals surface area (Å²) in [4.78, 5) is 34.7. The van der Waals surface area contributed by atoms with Crippen molar-refractivity contribution in [2.45, 2.75) is 58.4 Å². The summed E-state index contributed by atoms with van der Waals surface area (Å²) in [6, 6.07) is 11.1. The summed E-state index contributed by atoms with van der Waals surface area (Å²) in [5.74, 6) is -0.180. The Balaban J connectivity index is 0.00000155. The average Bonchev–Trinajstić information content (AvgIpc) is 2.95. The first-order valence-corrected chi connectivity index (χ1v) is 13.6. The minimum Gasteiger partial charge on any atom is -0.483 e. The predicted molar refractivity (Wildman–Crippen MR) is 156 cm³/mol. The smallest absolute Gasteiger partial charge is 0.416 e. The lowest BCUT2D eigenvalue weighted by atomic mass is 10.0. The molecule has 0 saturated carbocycles. The fourth-order valence-electron chi connectivity index (χ4n) is 4.78. The molecule has 0 atom stereocenters. The number of nitrogens with one attached hydrogen (secondary N) is 1. The van der Waals surface area contributed by atoms with Crippen molar-refractivity contribution in [3.8, 4) is 0 Å². The van der Waals surface area contributed by atoms with E-state index in [1.54, 1.807) is 24.7 Å². The van der Waals surface area contributed by atoms with E-state index in [0.717, 1.165) is 60.7 Å². The second kappa shape index (κ2) is 15.1. The first-order chi connectivity index (χ1) is 20.0. The van der Waals surface area contributed by atoms with E-state index in [0.29, 0.717) is 18.2 Å². The number of anilines is 2. The van der Waals surface area contributed by atoms with Crippen LogP contribution < -0.4 is 5.32 Å². The van der Waals surface area contributed by atoms with Crippen LogP contribution in [0.2, 0.25) is 0 Å². The van der Waals surface area contributed by atoms with Crippen molar-refractivity contribution in [2.24, 2.45) is 0 Å². The van der Waals surface area contributed by atoms with Gasteiger partial charge >= 0.3 is 6.18 Å². The van der Waals surface area contributed by atoms with Gasteiger partial charge in [0.15, 0.2) is 0 Å². The van der Waals surface area contributed by atoms with Crippen LogP contribution in [0.4, 0.5) is 24.5 Å². The summed E-state index contributed by atoms with van der Waals surface area (Å²) < 4.78 is 38.7. The zero-order valence-corrected chi connectivity index (χ0v) is 23.9. The van der Waals surface area contributed by atoms with Crippen LogP contribution in [0.25, 0.3) is 6.08 Å². The van der Waals surface area contributed by atoms with Gasteiger partial charge in [0.25, 0.3) is 6.47 Å². The van der Waals surface area contributed by atoms with Crippen LogP contribution in [0.15, 0.2) is 67.1 Å². The molecule has 1 aromatic carbocycles. The first-order valence-electron chi connectivity index (χ1n) is 13.6. The molecular formula is C31H36F3N5O3. The molecule has 1 saturated heterocycles. The summed E-state index contributed by atoms with van der Waals surface area (Å²) in [6.45, 7) is 8.19. The number of hydrogen-bond acceptors (Lipinski definition) is 6. The molecule has 1 aliphatic rings. The molecule has 3 aromatic rings. The summed E-state index contributed by atoms with van der Waals surface area (Å²) in [7, 11) is 0. The van der Waals surface area contributed by atoms with Crippen molar-refractivity contribution in [1.82, 2.24) is 19.8 Å². The third kappa shape index (κ3) is 9.69. The lowest BCUT2D eigenvalue weighted by molar-refractivity contribution is -0.137. The fourth-order valence-corrected chi connectivity index (χ4v) is 4.78. The number of aromatic nitrogens is 2. The van der Waals surface area contributed by atoms with E-state index in [-0.39, 0.29) is 18.4 Å². The fraction of sp³-hybridized carbons (Fsp3) is 0.355. The van der Waals surface area contributed by atoms with Crippen LogP contribution >= 0.6 is 0 Å². The third-order valence-corrected chi connectivity index (χ3v) is 6.94. The highest BCUT2D eigenvalue weighted by molar-refractivity contribution is 5.92. The molecule has 1 aliphatic heterocycles. The first kappa shape index (κ1) is 32.3. The molecular weight excluding hydrogens is 547 g/mol. The van der Waals surface area contributed by atoms with E-state index in [1.165, 1.54) is 18.2 Å². The highest BCUT2D eigenvalue weighted by Crippen LogP contribution is 2.29. The molecule has 2 aromatic heterocycles. The Kier molecular flexibility index (Phi) is 11.6. The van der Waals surface area contributed by atoms with E-state index in [4.69, 9.17) is 9.90 Å². The van der Waals surface area contributed by atoms with E-state index in [1.807, 2.05) is 30.0 Å². The number of likely N-dealkylation sites (tertiary alicyclic amines) is 1. The predicted octanol–water partition coefficient (Wildman–Crippen LogP) is 6.16. The van der Waals surface area contributed by atoms with Gasteiger partial charge in [0.2, 0.25) is 5.91 Å². The number of carbonyl (C=O) groups is 2. The Labute approximate surface area is 243 Å². The number of pyridine rings is 2. The number of piperidine rings is 1. The molecule has 0 spiro atoms. The van der Waals surface area contributed by atoms with E-state index >= 15 is 0 Å². The number of aryl methyl sites for hydroxylation is 1. The highest BCUT2D eigenvalue weighted by Gasteiger charge is 2.30.